The molecule has 5 nitrogen and oxygen atoms in total. The molecule has 1 N–H and O–H groups in total. The lowest BCUT2D eigenvalue weighted by atomic mass is 9.99. The van der Waals surface area contributed by atoms with Gasteiger partial charge >= 0.3 is 0 Å². The Morgan fingerprint density at radius 1 is 1.03 bits per heavy atom. The number of halogens is 1. The van der Waals surface area contributed by atoms with Crippen LogP contribution in [0.25, 0.3) is 27.7 Å². The van der Waals surface area contributed by atoms with E-state index in [1.165, 1.54) is 0 Å². The standard InChI is InChI=1S/C27H24ClNO4/c1-16-5-8-19(12-24(16)28)29-27(30)11-17(2)21-13-22-23(15-33-26(22)14-25(21)32-4)18-6-9-20(31-3)10-7-18/h5-15H,1-4H3,(H,29,30)/b17-11+. The second-order valence-electron chi connectivity index (χ2n) is 7.71. The molecule has 0 aliphatic carbocycles. The van der Waals surface area contributed by atoms with Crippen LogP contribution < -0.4 is 14.8 Å². The maximum absolute atomic E-state index is 12.7. The van der Waals surface area contributed by atoms with Crippen LogP contribution in [0.4, 0.5) is 5.69 Å². The Bertz CT molecular complexity index is 1350. The summed E-state index contributed by atoms with van der Waals surface area (Å²) in [5.74, 6) is 1.16. The Hall–Kier alpha value is -3.70. The first-order chi connectivity index (χ1) is 15.9. The molecule has 1 heterocycles. The number of benzene rings is 3. The van der Waals surface area contributed by atoms with Crippen molar-refractivity contribution < 1.29 is 18.7 Å². The molecular weight excluding hydrogens is 438 g/mol. The lowest BCUT2D eigenvalue weighted by Crippen LogP contribution is -2.08. The summed E-state index contributed by atoms with van der Waals surface area (Å²) in [6.45, 7) is 3.79. The van der Waals surface area contributed by atoms with E-state index < -0.39 is 0 Å². The molecule has 4 rings (SSSR count). The molecule has 1 amide bonds. The average molecular weight is 462 g/mol. The van der Waals surface area contributed by atoms with Gasteiger partial charge in [-0.15, -0.1) is 0 Å². The van der Waals surface area contributed by atoms with E-state index in [2.05, 4.69) is 5.32 Å². The van der Waals surface area contributed by atoms with E-state index in [1.807, 2.05) is 62.4 Å². The number of nitrogens with one attached hydrogen (secondary N) is 1. The van der Waals surface area contributed by atoms with Gasteiger partial charge in [-0.1, -0.05) is 29.8 Å². The highest BCUT2D eigenvalue weighted by molar-refractivity contribution is 6.31. The molecule has 0 atom stereocenters. The Labute approximate surface area is 197 Å². The predicted molar refractivity (Wildman–Crippen MR) is 133 cm³/mol. The first kappa shape index (κ1) is 22.5. The molecule has 1 aromatic heterocycles. The van der Waals surface area contributed by atoms with Crippen molar-refractivity contribution in [3.05, 3.63) is 83.1 Å². The van der Waals surface area contributed by atoms with Crippen LogP contribution in [-0.4, -0.2) is 20.1 Å². The number of allylic oxidation sites excluding steroid dienone is 1. The van der Waals surface area contributed by atoms with E-state index in [-0.39, 0.29) is 5.91 Å². The van der Waals surface area contributed by atoms with Gasteiger partial charge < -0.3 is 19.2 Å². The lowest BCUT2D eigenvalue weighted by molar-refractivity contribution is -0.111. The average Bonchev–Trinajstić information content (AvgIpc) is 3.23. The van der Waals surface area contributed by atoms with Gasteiger partial charge in [-0.05, 0) is 60.9 Å². The summed E-state index contributed by atoms with van der Waals surface area (Å²) in [4.78, 5) is 12.7. The smallest absolute Gasteiger partial charge is 0.248 e. The Morgan fingerprint density at radius 3 is 2.45 bits per heavy atom. The molecule has 0 saturated carbocycles. The van der Waals surface area contributed by atoms with Crippen LogP contribution in [0.15, 0.2) is 71.4 Å². The molecule has 0 radical (unpaired) electrons. The van der Waals surface area contributed by atoms with Crippen molar-refractivity contribution in [3.8, 4) is 22.6 Å². The first-order valence-corrected chi connectivity index (χ1v) is 10.8. The SMILES string of the molecule is COc1ccc(-c2coc3cc(OC)c(/C(C)=C/C(=O)Nc4ccc(C)c(Cl)c4)cc23)cc1. The van der Waals surface area contributed by atoms with Gasteiger partial charge in [-0.3, -0.25) is 4.79 Å². The number of hydrogen-bond acceptors (Lipinski definition) is 4. The number of aryl methyl sites for hydroxylation is 1. The third-order valence-corrected chi connectivity index (χ3v) is 5.92. The van der Waals surface area contributed by atoms with Crippen LogP contribution in [0.5, 0.6) is 11.5 Å². The van der Waals surface area contributed by atoms with Gasteiger partial charge in [-0.25, -0.2) is 0 Å². The van der Waals surface area contributed by atoms with Gasteiger partial charge in [0.2, 0.25) is 5.91 Å². The predicted octanol–water partition coefficient (Wildman–Crippen LogP) is 7.12. The maximum Gasteiger partial charge on any atom is 0.248 e. The quantitative estimate of drug-likeness (QED) is 0.310. The zero-order valence-electron chi connectivity index (χ0n) is 18.9. The molecule has 0 fully saturated rings. The second kappa shape index (κ2) is 9.43. The summed E-state index contributed by atoms with van der Waals surface area (Å²) >= 11 is 6.17. The molecule has 6 heteroatoms. The van der Waals surface area contributed by atoms with Crippen molar-refractivity contribution >= 4 is 39.7 Å². The number of anilines is 1. The first-order valence-electron chi connectivity index (χ1n) is 10.4. The summed E-state index contributed by atoms with van der Waals surface area (Å²) in [5.41, 5.74) is 5.80. The fourth-order valence-electron chi connectivity index (χ4n) is 3.65. The monoisotopic (exact) mass is 461 g/mol. The number of amides is 1. The minimum atomic E-state index is -0.253. The highest BCUT2D eigenvalue weighted by Crippen LogP contribution is 2.37. The second-order valence-corrected chi connectivity index (χ2v) is 8.11. The largest absolute Gasteiger partial charge is 0.497 e. The number of carbonyl (C=O) groups excluding carboxylic acids is 1. The number of carbonyl (C=O) groups is 1. The van der Waals surface area contributed by atoms with Crippen LogP contribution in [-0.2, 0) is 4.79 Å². The maximum atomic E-state index is 12.7. The van der Waals surface area contributed by atoms with Crippen LogP contribution in [0.2, 0.25) is 5.02 Å². The van der Waals surface area contributed by atoms with Crippen LogP contribution in [0, 0.1) is 6.92 Å². The van der Waals surface area contributed by atoms with E-state index in [4.69, 9.17) is 25.5 Å². The number of ether oxygens (including phenoxy) is 2. The van der Waals surface area contributed by atoms with Crippen molar-refractivity contribution in [2.45, 2.75) is 13.8 Å². The summed E-state index contributed by atoms with van der Waals surface area (Å²) in [7, 11) is 3.24. The van der Waals surface area contributed by atoms with Gasteiger partial charge in [0.15, 0.2) is 0 Å². The van der Waals surface area contributed by atoms with Gasteiger partial charge in [0.25, 0.3) is 0 Å². The highest BCUT2D eigenvalue weighted by atomic mass is 35.5. The van der Waals surface area contributed by atoms with Gasteiger partial charge in [-0.2, -0.15) is 0 Å². The van der Waals surface area contributed by atoms with E-state index in [0.29, 0.717) is 22.0 Å². The van der Waals surface area contributed by atoms with Crippen molar-refractivity contribution in [2.75, 3.05) is 19.5 Å². The molecule has 0 aliphatic heterocycles. The molecule has 0 saturated heterocycles. The fourth-order valence-corrected chi connectivity index (χ4v) is 3.83. The summed E-state index contributed by atoms with van der Waals surface area (Å²) < 4.78 is 16.6. The van der Waals surface area contributed by atoms with Gasteiger partial charge in [0.05, 0.1) is 20.5 Å². The molecule has 3 aromatic carbocycles. The number of furan rings is 1. The summed E-state index contributed by atoms with van der Waals surface area (Å²) in [5, 5.41) is 4.39. The number of hydrogen-bond donors (Lipinski definition) is 1. The molecule has 0 unspecified atom stereocenters. The number of rotatable bonds is 6. The van der Waals surface area contributed by atoms with Crippen LogP contribution >= 0.6 is 11.6 Å². The zero-order valence-corrected chi connectivity index (χ0v) is 19.6. The summed E-state index contributed by atoms with van der Waals surface area (Å²) in [6, 6.07) is 17.0. The minimum Gasteiger partial charge on any atom is -0.497 e. The third kappa shape index (κ3) is 4.73. The lowest BCUT2D eigenvalue weighted by Gasteiger charge is -2.11. The topological polar surface area (TPSA) is 60.7 Å². The van der Waals surface area contributed by atoms with E-state index in [1.54, 1.807) is 32.6 Å². The van der Waals surface area contributed by atoms with E-state index in [9.17, 15) is 4.79 Å². The summed E-state index contributed by atoms with van der Waals surface area (Å²) in [6.07, 6.45) is 3.27. The molecule has 0 aliphatic rings. The fraction of sp³-hybridized carbons (Fsp3) is 0.148. The molecule has 0 bridgehead atoms. The normalized spacial score (nSPS) is 11.5. The van der Waals surface area contributed by atoms with Gasteiger partial charge in [0.1, 0.15) is 17.1 Å². The Balaban J connectivity index is 1.68. The van der Waals surface area contributed by atoms with Crippen molar-refractivity contribution in [1.82, 2.24) is 0 Å². The molecule has 33 heavy (non-hydrogen) atoms. The molecule has 168 valence electrons. The third-order valence-electron chi connectivity index (χ3n) is 5.51. The highest BCUT2D eigenvalue weighted by Gasteiger charge is 2.15. The molecular formula is C27H24ClNO4. The Kier molecular flexibility index (Phi) is 6.43. The van der Waals surface area contributed by atoms with Crippen LogP contribution in [0.3, 0.4) is 0 Å². The zero-order chi connectivity index (χ0) is 23.5. The van der Waals surface area contributed by atoms with Crippen LogP contribution in [0.1, 0.15) is 18.1 Å². The van der Waals surface area contributed by atoms with E-state index in [0.717, 1.165) is 39.0 Å². The van der Waals surface area contributed by atoms with Crippen molar-refractivity contribution in [3.63, 3.8) is 0 Å². The van der Waals surface area contributed by atoms with E-state index >= 15 is 0 Å². The van der Waals surface area contributed by atoms with Crippen molar-refractivity contribution in [1.29, 1.82) is 0 Å². The minimum absolute atomic E-state index is 0.253. The van der Waals surface area contributed by atoms with Crippen molar-refractivity contribution in [2.24, 2.45) is 0 Å². The Morgan fingerprint density at radius 2 is 1.79 bits per heavy atom. The molecule has 4 aromatic rings. The number of methoxy groups -OCH3 is 2. The molecule has 0 spiro atoms. The number of fused-ring (bicyclic) bond motifs is 1. The van der Waals surface area contributed by atoms with Gasteiger partial charge in [0, 0.05) is 39.4 Å².